The minimum atomic E-state index is -4.80. The van der Waals surface area contributed by atoms with E-state index >= 15 is 0 Å². The topological polar surface area (TPSA) is 55.5 Å². The summed E-state index contributed by atoms with van der Waals surface area (Å²) in [5, 5.41) is 10.1. The fourth-order valence-corrected chi connectivity index (χ4v) is 2.16. The van der Waals surface area contributed by atoms with Crippen LogP contribution in [0.15, 0.2) is 22.7 Å². The van der Waals surface area contributed by atoms with Gasteiger partial charge in [0.2, 0.25) is 0 Å². The summed E-state index contributed by atoms with van der Waals surface area (Å²) in [5.74, 6) is -0.529. The molecule has 0 aliphatic rings. The predicted octanol–water partition coefficient (Wildman–Crippen LogP) is 3.75. The van der Waals surface area contributed by atoms with Gasteiger partial charge in [0.05, 0.1) is 12.1 Å². The number of ether oxygens (including phenoxy) is 1. The smallest absolute Gasteiger partial charge is 0.405 e. The third kappa shape index (κ3) is 4.64. The Bertz CT molecular complexity index is 454. The minimum Gasteiger partial charge on any atom is -0.405 e. The van der Waals surface area contributed by atoms with Crippen molar-refractivity contribution < 1.29 is 23.0 Å². The predicted molar refractivity (Wildman–Crippen MR) is 73.2 cm³/mol. The number of aliphatic hydroxyl groups excluding tert-OH is 1. The Morgan fingerprint density at radius 2 is 2.00 bits per heavy atom. The summed E-state index contributed by atoms with van der Waals surface area (Å²) >= 11 is 3.17. The maximum Gasteiger partial charge on any atom is 0.573 e. The molecular weight excluding hydrogens is 339 g/mol. The van der Waals surface area contributed by atoms with Crippen molar-refractivity contribution in [2.24, 2.45) is 11.7 Å². The van der Waals surface area contributed by atoms with Crippen LogP contribution in [0.25, 0.3) is 0 Å². The van der Waals surface area contributed by atoms with Gasteiger partial charge in [0.15, 0.2) is 0 Å². The average molecular weight is 356 g/mol. The van der Waals surface area contributed by atoms with Crippen LogP contribution in [0.3, 0.4) is 0 Å². The molecule has 0 aliphatic carbocycles. The molecule has 7 heteroatoms. The molecule has 0 aromatic heterocycles. The van der Waals surface area contributed by atoms with Crippen LogP contribution >= 0.6 is 15.9 Å². The summed E-state index contributed by atoms with van der Waals surface area (Å²) in [6, 6.07) is 3.07. The second kappa shape index (κ2) is 6.78. The molecule has 0 heterocycles. The van der Waals surface area contributed by atoms with Crippen LogP contribution < -0.4 is 10.5 Å². The quantitative estimate of drug-likeness (QED) is 0.845. The molecule has 1 rings (SSSR count). The first kappa shape index (κ1) is 17.3. The molecule has 0 saturated carbocycles. The summed E-state index contributed by atoms with van der Waals surface area (Å²) < 4.78 is 41.6. The molecule has 0 radical (unpaired) electrons. The maximum atomic E-state index is 12.4. The fourth-order valence-electron chi connectivity index (χ4n) is 1.78. The normalized spacial score (nSPS) is 16.6. The van der Waals surface area contributed by atoms with Gasteiger partial charge >= 0.3 is 6.36 Å². The molecule has 114 valence electrons. The van der Waals surface area contributed by atoms with E-state index in [0.717, 1.165) is 0 Å². The second-order valence-corrected chi connectivity index (χ2v) is 5.55. The third-order valence-electron chi connectivity index (χ3n) is 3.15. The number of hydrogen-bond acceptors (Lipinski definition) is 3. The van der Waals surface area contributed by atoms with Crippen LogP contribution in [-0.4, -0.2) is 17.6 Å². The molecular formula is C13H17BrF3NO2. The standard InChI is InChI=1S/C13H17BrF3NO2/c1-3-7(2)12(19)11(18)9-6-8(14)4-5-10(9)20-13(15,16)17/h4-7,11-12,19H,3,18H2,1-2H3/t7?,11-,12+/m0/s1. The molecule has 3 N–H and O–H groups in total. The van der Waals surface area contributed by atoms with Crippen LogP contribution in [0.1, 0.15) is 31.9 Å². The largest absolute Gasteiger partial charge is 0.573 e. The first-order valence-electron chi connectivity index (χ1n) is 6.14. The molecule has 1 unspecified atom stereocenters. The third-order valence-corrected chi connectivity index (χ3v) is 3.64. The molecule has 3 nitrogen and oxygen atoms in total. The minimum absolute atomic E-state index is 0.115. The number of alkyl halides is 3. The number of halogens is 4. The Morgan fingerprint density at radius 3 is 2.50 bits per heavy atom. The van der Waals surface area contributed by atoms with Crippen LogP contribution in [0, 0.1) is 5.92 Å². The van der Waals surface area contributed by atoms with Crippen LogP contribution in [0.5, 0.6) is 5.75 Å². The van der Waals surface area contributed by atoms with Crippen molar-refractivity contribution in [1.82, 2.24) is 0 Å². The van der Waals surface area contributed by atoms with Gasteiger partial charge < -0.3 is 15.6 Å². The monoisotopic (exact) mass is 355 g/mol. The molecule has 1 aromatic rings. The molecule has 0 spiro atoms. The molecule has 1 aromatic carbocycles. The van der Waals surface area contributed by atoms with Crippen molar-refractivity contribution in [3.05, 3.63) is 28.2 Å². The first-order valence-corrected chi connectivity index (χ1v) is 6.93. The van der Waals surface area contributed by atoms with E-state index in [0.29, 0.717) is 10.9 Å². The Balaban J connectivity index is 3.11. The van der Waals surface area contributed by atoms with Gasteiger partial charge in [-0.05, 0) is 24.1 Å². The number of rotatable bonds is 5. The molecule has 3 atom stereocenters. The van der Waals surface area contributed by atoms with Crippen LogP contribution in [0.2, 0.25) is 0 Å². The van der Waals surface area contributed by atoms with Gasteiger partial charge in [-0.15, -0.1) is 13.2 Å². The van der Waals surface area contributed by atoms with E-state index in [1.807, 2.05) is 6.92 Å². The lowest BCUT2D eigenvalue weighted by atomic mass is 9.91. The van der Waals surface area contributed by atoms with Crippen molar-refractivity contribution in [2.75, 3.05) is 0 Å². The summed E-state index contributed by atoms with van der Waals surface area (Å²) in [4.78, 5) is 0. The lowest BCUT2D eigenvalue weighted by Gasteiger charge is -2.26. The van der Waals surface area contributed by atoms with Gasteiger partial charge in [-0.2, -0.15) is 0 Å². The zero-order chi connectivity index (χ0) is 15.5. The molecule has 20 heavy (non-hydrogen) atoms. The SMILES string of the molecule is CCC(C)[C@@H](O)[C@@H](N)c1cc(Br)ccc1OC(F)(F)F. The van der Waals surface area contributed by atoms with Crippen molar-refractivity contribution in [2.45, 2.75) is 38.8 Å². The Kier molecular flexibility index (Phi) is 5.85. The van der Waals surface area contributed by atoms with Crippen molar-refractivity contribution in [3.63, 3.8) is 0 Å². The van der Waals surface area contributed by atoms with E-state index < -0.39 is 24.3 Å². The lowest BCUT2D eigenvalue weighted by Crippen LogP contribution is -2.32. The van der Waals surface area contributed by atoms with Gasteiger partial charge in [0.1, 0.15) is 5.75 Å². The zero-order valence-electron chi connectivity index (χ0n) is 11.1. The van der Waals surface area contributed by atoms with E-state index in [2.05, 4.69) is 20.7 Å². The van der Waals surface area contributed by atoms with Crippen LogP contribution in [0.4, 0.5) is 13.2 Å². The lowest BCUT2D eigenvalue weighted by molar-refractivity contribution is -0.275. The second-order valence-electron chi connectivity index (χ2n) is 4.63. The number of aliphatic hydroxyl groups is 1. The number of hydrogen-bond donors (Lipinski definition) is 2. The highest BCUT2D eigenvalue weighted by atomic mass is 79.9. The van der Waals surface area contributed by atoms with Crippen molar-refractivity contribution >= 4 is 15.9 Å². The first-order chi connectivity index (χ1) is 9.15. The zero-order valence-corrected chi connectivity index (χ0v) is 12.7. The van der Waals surface area contributed by atoms with Gasteiger partial charge in [0, 0.05) is 10.0 Å². The van der Waals surface area contributed by atoms with Crippen LogP contribution in [-0.2, 0) is 0 Å². The van der Waals surface area contributed by atoms with Gasteiger partial charge in [0.25, 0.3) is 0 Å². The van der Waals surface area contributed by atoms with Crippen molar-refractivity contribution in [1.29, 1.82) is 0 Å². The Labute approximate surface area is 124 Å². The highest BCUT2D eigenvalue weighted by Crippen LogP contribution is 2.34. The summed E-state index contributed by atoms with van der Waals surface area (Å²) in [6.45, 7) is 3.65. The summed E-state index contributed by atoms with van der Waals surface area (Å²) in [7, 11) is 0. The summed E-state index contributed by atoms with van der Waals surface area (Å²) in [5.41, 5.74) is 6.00. The molecule has 0 amide bonds. The highest BCUT2D eigenvalue weighted by molar-refractivity contribution is 9.10. The number of benzene rings is 1. The van der Waals surface area contributed by atoms with E-state index in [4.69, 9.17) is 5.73 Å². The summed E-state index contributed by atoms with van der Waals surface area (Å²) in [6.07, 6.45) is -5.09. The average Bonchev–Trinajstić information content (AvgIpc) is 2.36. The molecule has 0 fully saturated rings. The van der Waals surface area contributed by atoms with E-state index in [9.17, 15) is 18.3 Å². The molecule has 0 aliphatic heterocycles. The van der Waals surface area contributed by atoms with Crippen molar-refractivity contribution in [3.8, 4) is 5.75 Å². The Morgan fingerprint density at radius 1 is 1.40 bits per heavy atom. The van der Waals surface area contributed by atoms with E-state index in [1.165, 1.54) is 18.2 Å². The fraction of sp³-hybridized carbons (Fsp3) is 0.538. The Hall–Kier alpha value is -0.790. The molecule has 0 bridgehead atoms. The maximum absolute atomic E-state index is 12.4. The van der Waals surface area contributed by atoms with E-state index in [1.54, 1.807) is 6.92 Å². The van der Waals surface area contributed by atoms with Gasteiger partial charge in [-0.25, -0.2) is 0 Å². The highest BCUT2D eigenvalue weighted by Gasteiger charge is 2.34. The van der Waals surface area contributed by atoms with E-state index in [-0.39, 0.29) is 11.5 Å². The number of nitrogens with two attached hydrogens (primary N) is 1. The van der Waals surface area contributed by atoms with Gasteiger partial charge in [-0.1, -0.05) is 36.2 Å². The molecule has 0 saturated heterocycles. The van der Waals surface area contributed by atoms with Gasteiger partial charge in [-0.3, -0.25) is 0 Å².